The van der Waals surface area contributed by atoms with Gasteiger partial charge in [0.05, 0.1) is 25.9 Å². The van der Waals surface area contributed by atoms with Crippen LogP contribution in [-0.2, 0) is 10.3 Å². The van der Waals surface area contributed by atoms with Crippen molar-refractivity contribution in [3.05, 3.63) is 89.5 Å². The number of ether oxygens (including phenoxy) is 3. The lowest BCUT2D eigenvalue weighted by Gasteiger charge is -2.46. The monoisotopic (exact) mass is 535 g/mol. The Morgan fingerprint density at radius 2 is 1.49 bits per heavy atom. The highest BCUT2D eigenvalue weighted by Gasteiger charge is 2.60. The van der Waals surface area contributed by atoms with Crippen molar-refractivity contribution in [3.8, 4) is 17.8 Å². The quantitative estimate of drug-likeness (QED) is 0.436. The number of aliphatic hydroxyl groups is 1. The highest BCUT2D eigenvalue weighted by molar-refractivity contribution is 5.56. The van der Waals surface area contributed by atoms with Gasteiger partial charge in [0.2, 0.25) is 11.8 Å². The van der Waals surface area contributed by atoms with Gasteiger partial charge in [-0.05, 0) is 50.6 Å². The van der Waals surface area contributed by atoms with E-state index >= 15 is 0 Å². The van der Waals surface area contributed by atoms with Gasteiger partial charge in [0.25, 0.3) is 0 Å². The molecule has 0 radical (unpaired) electrons. The molecule has 3 aromatic rings. The second-order valence-electron chi connectivity index (χ2n) is 8.98. The van der Waals surface area contributed by atoms with E-state index in [1.807, 2.05) is 87.7 Å². The fourth-order valence-corrected chi connectivity index (χ4v) is 5.09. The first kappa shape index (κ1) is 33.6. The number of fused-ring (bicyclic) bond motifs is 4. The molecule has 0 amide bonds. The maximum absolute atomic E-state index is 8.29. The van der Waals surface area contributed by atoms with Gasteiger partial charge >= 0.3 is 0 Å². The molecule has 2 unspecified atom stereocenters. The Hall–Kier alpha value is -3.44. The van der Waals surface area contributed by atoms with Crippen LogP contribution in [0.2, 0.25) is 0 Å². The van der Waals surface area contributed by atoms with E-state index in [4.69, 9.17) is 24.6 Å². The Labute approximate surface area is 235 Å². The largest absolute Gasteiger partial charge is 0.481 e. The van der Waals surface area contributed by atoms with Crippen molar-refractivity contribution < 1.29 is 19.3 Å². The Balaban J connectivity index is 0.000000345. The predicted octanol–water partition coefficient (Wildman–Crippen LogP) is 5.89. The molecular weight excluding hydrogens is 490 g/mol. The summed E-state index contributed by atoms with van der Waals surface area (Å²) in [6, 6.07) is 25.2. The van der Waals surface area contributed by atoms with Gasteiger partial charge in [-0.25, -0.2) is 0 Å². The van der Waals surface area contributed by atoms with E-state index < -0.39 is 0 Å². The van der Waals surface area contributed by atoms with Crippen LogP contribution in [-0.4, -0.2) is 64.1 Å². The average molecular weight is 536 g/mol. The van der Waals surface area contributed by atoms with Crippen molar-refractivity contribution in [2.45, 2.75) is 38.2 Å². The third-order valence-corrected chi connectivity index (χ3v) is 6.49. The summed E-state index contributed by atoms with van der Waals surface area (Å²) in [6.07, 6.45) is 2.18. The van der Waals surface area contributed by atoms with Gasteiger partial charge in [-0.15, -0.1) is 0 Å². The molecule has 1 fully saturated rings. The summed E-state index contributed by atoms with van der Waals surface area (Å²) in [6.45, 7) is 5.09. The molecule has 0 aliphatic heterocycles. The number of hydrogen-bond acceptors (Lipinski definition) is 7. The van der Waals surface area contributed by atoms with E-state index in [1.54, 1.807) is 26.4 Å². The maximum atomic E-state index is 8.29. The third-order valence-electron chi connectivity index (χ3n) is 6.49. The van der Waals surface area contributed by atoms with Crippen LogP contribution in [0.15, 0.2) is 72.8 Å². The molecule has 1 heterocycles. The average Bonchev–Trinajstić information content (AvgIpc) is 3.32. The maximum Gasteiger partial charge on any atom is 0.220 e. The Morgan fingerprint density at radius 3 is 1.90 bits per heavy atom. The second kappa shape index (κ2) is 18.0. The molecule has 0 bridgehead atoms. The van der Waals surface area contributed by atoms with Crippen LogP contribution in [0, 0.1) is 17.2 Å². The number of aliphatic hydroxyl groups excluding tert-OH is 1. The van der Waals surface area contributed by atoms with Gasteiger partial charge in [-0.3, -0.25) is 0 Å². The van der Waals surface area contributed by atoms with Crippen molar-refractivity contribution in [3.63, 3.8) is 0 Å². The standard InChI is InChI=1S/C16H24N2O3.C7H5N.C6H6.C2H6.CH4O/c1-18(2)9-10-6-11-14-12(16(11,8-10)21-5)7-13(19-3)17-15(14)20-4;8-6-7-4-2-1-3-5-7;1-2-4-6-5-3-1;2*1-2/h7,10-11H,6,8-9H2,1-5H3;1-5H;1-6H;1-2H3;2H,1H3/t10-,11?,16?;;;;/m1..../s1. The molecule has 1 N–H and O–H groups in total. The SMILES string of the molecule is CC.CO.COc1cc2c(c(OC)n1)C1C[C@@H](CN(C)C)CC21OC.N#Cc1ccccc1.c1ccccc1. The van der Waals surface area contributed by atoms with Crippen LogP contribution < -0.4 is 9.47 Å². The first-order valence-corrected chi connectivity index (χ1v) is 13.2. The van der Waals surface area contributed by atoms with E-state index in [2.05, 4.69) is 24.0 Å². The van der Waals surface area contributed by atoms with E-state index in [1.165, 1.54) is 11.1 Å². The van der Waals surface area contributed by atoms with E-state index in [0.29, 0.717) is 29.2 Å². The van der Waals surface area contributed by atoms with Crippen LogP contribution in [0.5, 0.6) is 11.8 Å². The Morgan fingerprint density at radius 1 is 0.949 bits per heavy atom. The highest BCUT2D eigenvalue weighted by atomic mass is 16.5. The second-order valence-corrected chi connectivity index (χ2v) is 8.98. The number of benzene rings is 2. The lowest BCUT2D eigenvalue weighted by Crippen LogP contribution is -2.42. The number of hydrogen-bond donors (Lipinski definition) is 1. The van der Waals surface area contributed by atoms with Gasteiger partial charge in [0.15, 0.2) is 0 Å². The van der Waals surface area contributed by atoms with Crippen molar-refractivity contribution in [2.24, 2.45) is 5.92 Å². The van der Waals surface area contributed by atoms with Gasteiger partial charge < -0.3 is 24.2 Å². The van der Waals surface area contributed by atoms with Gasteiger partial charge in [0, 0.05) is 38.3 Å². The highest BCUT2D eigenvalue weighted by Crippen LogP contribution is 2.65. The number of methoxy groups -OCH3 is 3. The summed E-state index contributed by atoms with van der Waals surface area (Å²) < 4.78 is 16.8. The lowest BCUT2D eigenvalue weighted by molar-refractivity contribution is -0.0501. The van der Waals surface area contributed by atoms with Crippen LogP contribution in [0.25, 0.3) is 0 Å². The molecule has 7 heteroatoms. The summed E-state index contributed by atoms with van der Waals surface area (Å²) in [7, 11) is 10.4. The van der Waals surface area contributed by atoms with Crippen LogP contribution in [0.1, 0.15) is 49.3 Å². The molecule has 1 aromatic heterocycles. The molecule has 0 saturated heterocycles. The molecule has 2 aliphatic rings. The molecule has 212 valence electrons. The van der Waals surface area contributed by atoms with Crippen LogP contribution >= 0.6 is 0 Å². The van der Waals surface area contributed by atoms with Gasteiger partial charge in [-0.2, -0.15) is 10.2 Å². The van der Waals surface area contributed by atoms with Crippen molar-refractivity contribution >= 4 is 0 Å². The Bertz CT molecular complexity index is 1080. The minimum atomic E-state index is -0.181. The van der Waals surface area contributed by atoms with Crippen LogP contribution in [0.4, 0.5) is 0 Å². The van der Waals surface area contributed by atoms with Crippen molar-refractivity contribution in [2.75, 3.05) is 49.1 Å². The molecule has 2 aliphatic carbocycles. The van der Waals surface area contributed by atoms with E-state index in [0.717, 1.165) is 26.5 Å². The molecule has 0 spiro atoms. The summed E-state index contributed by atoms with van der Waals surface area (Å²) in [5.41, 5.74) is 2.94. The fraction of sp³-hybridized carbons (Fsp3) is 0.438. The lowest BCUT2D eigenvalue weighted by atomic mass is 9.66. The van der Waals surface area contributed by atoms with E-state index in [-0.39, 0.29) is 5.60 Å². The molecule has 1 saturated carbocycles. The van der Waals surface area contributed by atoms with Gasteiger partial charge in [0.1, 0.15) is 5.60 Å². The first-order chi connectivity index (χ1) is 19.0. The molecule has 3 atom stereocenters. The number of nitrogens with zero attached hydrogens (tertiary/aromatic N) is 3. The number of aromatic nitrogens is 1. The minimum absolute atomic E-state index is 0.181. The summed E-state index contributed by atoms with van der Waals surface area (Å²) in [5.74, 6) is 2.30. The topological polar surface area (TPSA) is 87.8 Å². The third kappa shape index (κ3) is 8.79. The predicted molar refractivity (Wildman–Crippen MR) is 157 cm³/mol. The smallest absolute Gasteiger partial charge is 0.220 e. The summed E-state index contributed by atoms with van der Waals surface area (Å²) >= 11 is 0. The molecule has 5 rings (SSSR count). The van der Waals surface area contributed by atoms with Crippen molar-refractivity contribution in [1.82, 2.24) is 9.88 Å². The van der Waals surface area contributed by atoms with E-state index in [9.17, 15) is 0 Å². The molecule has 7 nitrogen and oxygen atoms in total. The summed E-state index contributed by atoms with van der Waals surface area (Å²) in [4.78, 5) is 6.67. The normalized spacial score (nSPS) is 19.2. The molecular formula is C32H45N3O4. The molecule has 39 heavy (non-hydrogen) atoms. The number of pyridine rings is 1. The zero-order valence-corrected chi connectivity index (χ0v) is 24.7. The molecule has 2 aromatic carbocycles. The number of nitriles is 1. The zero-order valence-electron chi connectivity index (χ0n) is 24.7. The minimum Gasteiger partial charge on any atom is -0.481 e. The number of rotatable bonds is 5. The fourth-order valence-electron chi connectivity index (χ4n) is 5.09. The Kier molecular flexibility index (Phi) is 15.5. The van der Waals surface area contributed by atoms with Gasteiger partial charge in [-0.1, -0.05) is 68.4 Å². The van der Waals surface area contributed by atoms with Crippen LogP contribution in [0.3, 0.4) is 0 Å². The first-order valence-electron chi connectivity index (χ1n) is 13.2. The zero-order chi connectivity index (χ0) is 29.3. The summed E-state index contributed by atoms with van der Waals surface area (Å²) in [5, 5.41) is 15.3. The van der Waals surface area contributed by atoms with Crippen molar-refractivity contribution in [1.29, 1.82) is 5.26 Å².